The molecule has 1 amide bonds. The monoisotopic (exact) mass is 221 g/mol. The molecule has 84 valence electrons. The molecule has 0 aromatic heterocycles. The zero-order valence-electron chi connectivity index (χ0n) is 8.55. The van der Waals surface area contributed by atoms with Crippen LogP contribution in [0.15, 0.2) is 24.3 Å². The van der Waals surface area contributed by atoms with Crippen LogP contribution >= 0.6 is 0 Å². The van der Waals surface area contributed by atoms with Crippen molar-refractivity contribution >= 4 is 17.7 Å². The van der Waals surface area contributed by atoms with Crippen LogP contribution < -0.4 is 4.90 Å². The first-order valence-electron chi connectivity index (χ1n) is 4.92. The summed E-state index contributed by atoms with van der Waals surface area (Å²) in [5.74, 6) is -0.934. The number of carbonyl (C=O) groups is 2. The molecule has 0 fully saturated rings. The molecule has 5 nitrogen and oxygen atoms in total. The molecule has 1 heterocycles. The summed E-state index contributed by atoms with van der Waals surface area (Å²) >= 11 is 0. The summed E-state index contributed by atoms with van der Waals surface area (Å²) in [6, 6.07) is 7.31. The number of rotatable bonds is 3. The lowest BCUT2D eigenvalue weighted by molar-refractivity contribution is -0.136. The summed E-state index contributed by atoms with van der Waals surface area (Å²) in [5.41, 5.74) is 1.63. The average molecular weight is 221 g/mol. The maximum Gasteiger partial charge on any atom is 0.414 e. The third-order valence-corrected chi connectivity index (χ3v) is 2.40. The fourth-order valence-corrected chi connectivity index (χ4v) is 1.63. The summed E-state index contributed by atoms with van der Waals surface area (Å²) < 4.78 is 4.94. The standard InChI is InChI=1S/C11H11NO4/c13-10(14)5-6-12-9-4-2-1-3-8(9)7-16-11(12)15/h1-4H,5-7H2,(H,13,14). The van der Waals surface area contributed by atoms with E-state index in [0.717, 1.165) is 11.3 Å². The van der Waals surface area contributed by atoms with Gasteiger partial charge in [0.2, 0.25) is 0 Å². The van der Waals surface area contributed by atoms with E-state index in [-0.39, 0.29) is 19.6 Å². The van der Waals surface area contributed by atoms with Crippen LogP contribution in [0.2, 0.25) is 0 Å². The number of para-hydroxylation sites is 1. The van der Waals surface area contributed by atoms with Gasteiger partial charge in [0, 0.05) is 12.1 Å². The van der Waals surface area contributed by atoms with E-state index in [2.05, 4.69) is 0 Å². The second-order valence-corrected chi connectivity index (χ2v) is 3.48. The van der Waals surface area contributed by atoms with Crippen LogP contribution in [0.1, 0.15) is 12.0 Å². The molecule has 16 heavy (non-hydrogen) atoms. The van der Waals surface area contributed by atoms with Gasteiger partial charge in [-0.25, -0.2) is 4.79 Å². The van der Waals surface area contributed by atoms with Crippen molar-refractivity contribution in [2.45, 2.75) is 13.0 Å². The van der Waals surface area contributed by atoms with Gasteiger partial charge in [0.05, 0.1) is 12.1 Å². The molecule has 5 heteroatoms. The van der Waals surface area contributed by atoms with Crippen molar-refractivity contribution in [3.63, 3.8) is 0 Å². The Morgan fingerprint density at radius 3 is 2.94 bits per heavy atom. The largest absolute Gasteiger partial charge is 0.481 e. The number of fused-ring (bicyclic) bond motifs is 1. The van der Waals surface area contributed by atoms with Gasteiger partial charge in [0.15, 0.2) is 0 Å². The number of carboxylic acid groups (broad SMARTS) is 1. The minimum absolute atomic E-state index is 0.0938. The van der Waals surface area contributed by atoms with E-state index in [9.17, 15) is 9.59 Å². The molecule has 0 unspecified atom stereocenters. The van der Waals surface area contributed by atoms with E-state index in [1.165, 1.54) is 4.90 Å². The van der Waals surface area contributed by atoms with Crippen LogP contribution in [-0.2, 0) is 16.1 Å². The molecule has 0 saturated heterocycles. The van der Waals surface area contributed by atoms with E-state index in [4.69, 9.17) is 9.84 Å². The molecule has 1 aromatic rings. The number of amides is 1. The fourth-order valence-electron chi connectivity index (χ4n) is 1.63. The molecular formula is C11H11NO4. The van der Waals surface area contributed by atoms with Crippen molar-refractivity contribution < 1.29 is 19.4 Å². The predicted octanol–water partition coefficient (Wildman–Crippen LogP) is 1.62. The molecule has 0 aliphatic carbocycles. The topological polar surface area (TPSA) is 66.8 Å². The Hall–Kier alpha value is -2.04. The second-order valence-electron chi connectivity index (χ2n) is 3.48. The maximum atomic E-state index is 11.5. The summed E-state index contributed by atoms with van der Waals surface area (Å²) in [4.78, 5) is 23.3. The number of aliphatic carboxylic acids is 1. The number of nitrogens with zero attached hydrogens (tertiary/aromatic N) is 1. The van der Waals surface area contributed by atoms with Crippen LogP contribution in [0.3, 0.4) is 0 Å². The van der Waals surface area contributed by atoms with Gasteiger partial charge < -0.3 is 9.84 Å². The number of anilines is 1. The Kier molecular flexibility index (Phi) is 2.76. The number of hydrogen-bond donors (Lipinski definition) is 1. The highest BCUT2D eigenvalue weighted by atomic mass is 16.6. The minimum atomic E-state index is -0.934. The second kappa shape index (κ2) is 4.22. The first-order chi connectivity index (χ1) is 7.68. The molecule has 0 saturated carbocycles. The predicted molar refractivity (Wildman–Crippen MR) is 56.2 cm³/mol. The Balaban J connectivity index is 2.23. The van der Waals surface area contributed by atoms with Gasteiger partial charge in [-0.05, 0) is 6.07 Å². The van der Waals surface area contributed by atoms with Crippen LogP contribution in [-0.4, -0.2) is 23.7 Å². The fraction of sp³-hybridized carbons (Fsp3) is 0.273. The Bertz CT molecular complexity index is 430. The van der Waals surface area contributed by atoms with Crippen molar-refractivity contribution in [3.05, 3.63) is 29.8 Å². The van der Waals surface area contributed by atoms with Gasteiger partial charge >= 0.3 is 12.1 Å². The Labute approximate surface area is 92.2 Å². The zero-order chi connectivity index (χ0) is 11.5. The van der Waals surface area contributed by atoms with E-state index in [1.54, 1.807) is 6.07 Å². The molecule has 0 radical (unpaired) electrons. The van der Waals surface area contributed by atoms with Gasteiger partial charge in [-0.15, -0.1) is 0 Å². The van der Waals surface area contributed by atoms with Gasteiger partial charge in [-0.2, -0.15) is 0 Å². The highest BCUT2D eigenvalue weighted by Crippen LogP contribution is 2.26. The first-order valence-corrected chi connectivity index (χ1v) is 4.92. The van der Waals surface area contributed by atoms with Crippen molar-refractivity contribution in [1.29, 1.82) is 0 Å². The summed E-state index contributed by atoms with van der Waals surface area (Å²) in [6.07, 6.45) is -0.580. The quantitative estimate of drug-likeness (QED) is 0.842. The average Bonchev–Trinajstić information content (AvgIpc) is 2.27. The summed E-state index contributed by atoms with van der Waals surface area (Å²) in [5, 5.41) is 8.60. The molecule has 0 atom stereocenters. The van der Waals surface area contributed by atoms with Crippen LogP contribution in [0.25, 0.3) is 0 Å². The number of cyclic esters (lactones) is 1. The van der Waals surface area contributed by atoms with E-state index in [1.807, 2.05) is 18.2 Å². The van der Waals surface area contributed by atoms with Crippen LogP contribution in [0, 0.1) is 0 Å². The number of carbonyl (C=O) groups excluding carboxylic acids is 1. The van der Waals surface area contributed by atoms with Crippen molar-refractivity contribution in [1.82, 2.24) is 0 Å². The molecule has 1 aliphatic heterocycles. The Morgan fingerprint density at radius 2 is 2.19 bits per heavy atom. The summed E-state index contributed by atoms with van der Waals surface area (Å²) in [7, 11) is 0. The van der Waals surface area contributed by atoms with Gasteiger partial charge in [0.1, 0.15) is 6.61 Å². The summed E-state index contributed by atoms with van der Waals surface area (Å²) in [6.45, 7) is 0.379. The molecule has 1 aromatic carbocycles. The Morgan fingerprint density at radius 1 is 1.44 bits per heavy atom. The normalized spacial score (nSPS) is 14.2. The molecule has 0 bridgehead atoms. The molecule has 0 spiro atoms. The lowest BCUT2D eigenvalue weighted by Crippen LogP contribution is -2.37. The third kappa shape index (κ3) is 1.98. The van der Waals surface area contributed by atoms with Crippen molar-refractivity contribution in [3.8, 4) is 0 Å². The third-order valence-electron chi connectivity index (χ3n) is 2.40. The lowest BCUT2D eigenvalue weighted by Gasteiger charge is -2.28. The highest BCUT2D eigenvalue weighted by molar-refractivity contribution is 5.90. The van der Waals surface area contributed by atoms with Gasteiger partial charge in [-0.3, -0.25) is 9.69 Å². The molecule has 1 aliphatic rings. The number of benzene rings is 1. The number of ether oxygens (including phenoxy) is 1. The van der Waals surface area contributed by atoms with Gasteiger partial charge in [0.25, 0.3) is 0 Å². The molecular weight excluding hydrogens is 210 g/mol. The molecule has 2 rings (SSSR count). The molecule has 1 N–H and O–H groups in total. The SMILES string of the molecule is O=C(O)CCN1C(=O)OCc2ccccc21. The van der Waals surface area contributed by atoms with Crippen molar-refractivity contribution in [2.75, 3.05) is 11.4 Å². The maximum absolute atomic E-state index is 11.5. The first kappa shape index (κ1) is 10.5. The minimum Gasteiger partial charge on any atom is -0.481 e. The van der Waals surface area contributed by atoms with Crippen molar-refractivity contribution in [2.24, 2.45) is 0 Å². The van der Waals surface area contributed by atoms with Gasteiger partial charge in [-0.1, -0.05) is 18.2 Å². The zero-order valence-corrected chi connectivity index (χ0v) is 8.55. The van der Waals surface area contributed by atoms with E-state index >= 15 is 0 Å². The lowest BCUT2D eigenvalue weighted by atomic mass is 10.1. The van der Waals surface area contributed by atoms with E-state index < -0.39 is 12.1 Å². The van der Waals surface area contributed by atoms with Crippen LogP contribution in [0.4, 0.5) is 10.5 Å². The number of hydrogen-bond acceptors (Lipinski definition) is 3. The smallest absolute Gasteiger partial charge is 0.414 e. The highest BCUT2D eigenvalue weighted by Gasteiger charge is 2.25. The van der Waals surface area contributed by atoms with Crippen LogP contribution in [0.5, 0.6) is 0 Å². The number of carboxylic acids is 1. The van der Waals surface area contributed by atoms with E-state index in [0.29, 0.717) is 0 Å².